The maximum Gasteiger partial charge on any atom is 0.161 e. The highest BCUT2D eigenvalue weighted by atomic mass is 16.7. The van der Waals surface area contributed by atoms with Gasteiger partial charge in [-0.15, -0.1) is 0 Å². The molecule has 1 aliphatic rings. The fourth-order valence-corrected chi connectivity index (χ4v) is 1.21. The average molecular weight is 174 g/mol. The van der Waals surface area contributed by atoms with Gasteiger partial charge in [0.2, 0.25) is 0 Å². The van der Waals surface area contributed by atoms with E-state index in [4.69, 9.17) is 9.47 Å². The molecule has 0 spiro atoms. The molecule has 70 valence electrons. The molecular weight excluding hydrogens is 160 g/mol. The van der Waals surface area contributed by atoms with E-state index in [1.807, 2.05) is 0 Å². The highest BCUT2D eigenvalue weighted by Gasteiger charge is 2.24. The number of carbonyl (C=O) groups is 1. The Morgan fingerprint density at radius 3 is 2.92 bits per heavy atom. The van der Waals surface area contributed by atoms with Crippen LogP contribution in [-0.2, 0) is 19.0 Å². The lowest BCUT2D eigenvalue weighted by molar-refractivity contribution is -0.153. The Bertz CT molecular complexity index is 146. The number of ketones is 1. The first-order chi connectivity index (χ1) is 5.84. The molecule has 12 heavy (non-hydrogen) atoms. The van der Waals surface area contributed by atoms with Gasteiger partial charge in [-0.2, -0.15) is 0 Å². The van der Waals surface area contributed by atoms with Crippen LogP contribution in [0.2, 0.25) is 0 Å². The summed E-state index contributed by atoms with van der Waals surface area (Å²) in [7, 11) is 1.54. The lowest BCUT2D eigenvalue weighted by Crippen LogP contribution is -2.19. The van der Waals surface area contributed by atoms with E-state index >= 15 is 0 Å². The largest absolute Gasteiger partial charge is 0.359 e. The van der Waals surface area contributed by atoms with Crippen LogP contribution in [0.1, 0.15) is 19.3 Å². The molecule has 1 atom stereocenters. The number of ether oxygens (including phenoxy) is 3. The Labute approximate surface area is 71.8 Å². The third kappa shape index (κ3) is 2.89. The monoisotopic (exact) mass is 174 g/mol. The second-order valence-corrected chi connectivity index (χ2v) is 2.74. The van der Waals surface area contributed by atoms with E-state index in [-0.39, 0.29) is 25.5 Å². The summed E-state index contributed by atoms with van der Waals surface area (Å²) in [4.78, 5) is 11.0. The number of hydrogen-bond donors (Lipinski definition) is 0. The van der Waals surface area contributed by atoms with Crippen molar-refractivity contribution in [3.8, 4) is 0 Å². The summed E-state index contributed by atoms with van der Waals surface area (Å²) in [5.41, 5.74) is 0. The van der Waals surface area contributed by atoms with Gasteiger partial charge < -0.3 is 14.2 Å². The molecule has 0 aromatic carbocycles. The Morgan fingerprint density at radius 2 is 2.33 bits per heavy atom. The standard InChI is InChI=1S/C8H14O4/c1-10-5-11-6-12-8-4-2-3-7(8)9/h8H,2-6H2,1H3. The van der Waals surface area contributed by atoms with E-state index in [0.717, 1.165) is 12.8 Å². The molecule has 1 unspecified atom stereocenters. The number of carbonyl (C=O) groups excluding carboxylic acids is 1. The summed E-state index contributed by atoms with van der Waals surface area (Å²) < 4.78 is 14.7. The zero-order valence-corrected chi connectivity index (χ0v) is 7.25. The Morgan fingerprint density at radius 1 is 1.50 bits per heavy atom. The highest BCUT2D eigenvalue weighted by Crippen LogP contribution is 2.17. The normalized spacial score (nSPS) is 23.4. The van der Waals surface area contributed by atoms with Crippen molar-refractivity contribution in [2.75, 3.05) is 20.7 Å². The summed E-state index contributed by atoms with van der Waals surface area (Å²) in [5, 5.41) is 0. The molecule has 0 bridgehead atoms. The fraction of sp³-hybridized carbons (Fsp3) is 0.875. The first kappa shape index (κ1) is 9.64. The fourth-order valence-electron chi connectivity index (χ4n) is 1.21. The van der Waals surface area contributed by atoms with Crippen LogP contribution in [0.15, 0.2) is 0 Å². The summed E-state index contributed by atoms with van der Waals surface area (Å²) in [6, 6.07) is 0. The quantitative estimate of drug-likeness (QED) is 0.454. The maximum atomic E-state index is 11.0. The molecule has 1 fully saturated rings. The van der Waals surface area contributed by atoms with Crippen LogP contribution in [0.5, 0.6) is 0 Å². The molecule has 0 aliphatic heterocycles. The number of Topliss-reactive ketones (excluding diaryl/α,β-unsaturated/α-hetero) is 1. The first-order valence-electron chi connectivity index (χ1n) is 4.05. The summed E-state index contributed by atoms with van der Waals surface area (Å²) >= 11 is 0. The van der Waals surface area contributed by atoms with Gasteiger partial charge in [-0.3, -0.25) is 4.79 Å². The zero-order valence-electron chi connectivity index (χ0n) is 7.25. The smallest absolute Gasteiger partial charge is 0.161 e. The van der Waals surface area contributed by atoms with Gasteiger partial charge in [0.15, 0.2) is 12.6 Å². The van der Waals surface area contributed by atoms with Crippen molar-refractivity contribution in [2.24, 2.45) is 0 Å². The van der Waals surface area contributed by atoms with Crippen molar-refractivity contribution in [3.63, 3.8) is 0 Å². The molecule has 1 rings (SSSR count). The van der Waals surface area contributed by atoms with Crippen LogP contribution < -0.4 is 0 Å². The Hall–Kier alpha value is -0.450. The predicted octanol–water partition coefficient (Wildman–Crippen LogP) is 0.703. The van der Waals surface area contributed by atoms with Gasteiger partial charge in [0.25, 0.3) is 0 Å². The molecule has 0 amide bonds. The van der Waals surface area contributed by atoms with Gasteiger partial charge in [0, 0.05) is 13.5 Å². The SMILES string of the molecule is COCOCOC1CCCC1=O. The van der Waals surface area contributed by atoms with Crippen molar-refractivity contribution in [1.29, 1.82) is 0 Å². The summed E-state index contributed by atoms with van der Waals surface area (Å²) in [6.07, 6.45) is 2.18. The first-order valence-corrected chi connectivity index (χ1v) is 4.05. The lowest BCUT2D eigenvalue weighted by atomic mass is 10.3. The second kappa shape index (κ2) is 5.24. The number of rotatable bonds is 5. The summed E-state index contributed by atoms with van der Waals surface area (Å²) in [5.74, 6) is 0.191. The molecule has 4 nitrogen and oxygen atoms in total. The Kier molecular flexibility index (Phi) is 4.21. The van der Waals surface area contributed by atoms with Crippen molar-refractivity contribution in [1.82, 2.24) is 0 Å². The molecule has 0 aromatic heterocycles. The number of methoxy groups -OCH3 is 1. The molecule has 0 saturated heterocycles. The Balaban J connectivity index is 2.02. The van der Waals surface area contributed by atoms with Crippen LogP contribution in [0.4, 0.5) is 0 Å². The van der Waals surface area contributed by atoms with Gasteiger partial charge in [-0.1, -0.05) is 0 Å². The summed E-state index contributed by atoms with van der Waals surface area (Å²) in [6.45, 7) is 0.352. The van der Waals surface area contributed by atoms with Crippen LogP contribution >= 0.6 is 0 Å². The lowest BCUT2D eigenvalue weighted by Gasteiger charge is -2.09. The molecular formula is C8H14O4. The minimum Gasteiger partial charge on any atom is -0.359 e. The van der Waals surface area contributed by atoms with E-state index in [9.17, 15) is 4.79 Å². The van der Waals surface area contributed by atoms with Crippen LogP contribution in [0.25, 0.3) is 0 Å². The number of hydrogen-bond acceptors (Lipinski definition) is 4. The van der Waals surface area contributed by atoms with Crippen LogP contribution in [-0.4, -0.2) is 32.6 Å². The van der Waals surface area contributed by atoms with Gasteiger partial charge >= 0.3 is 0 Å². The minimum atomic E-state index is -0.234. The minimum absolute atomic E-state index is 0.143. The third-order valence-corrected chi connectivity index (χ3v) is 1.80. The van der Waals surface area contributed by atoms with Gasteiger partial charge in [0.1, 0.15) is 12.9 Å². The van der Waals surface area contributed by atoms with E-state index < -0.39 is 0 Å². The van der Waals surface area contributed by atoms with Gasteiger partial charge in [0.05, 0.1) is 0 Å². The van der Waals surface area contributed by atoms with Crippen molar-refractivity contribution < 1.29 is 19.0 Å². The zero-order chi connectivity index (χ0) is 8.81. The topological polar surface area (TPSA) is 44.8 Å². The molecule has 0 radical (unpaired) electrons. The molecule has 1 aliphatic carbocycles. The molecule has 0 N–H and O–H groups in total. The van der Waals surface area contributed by atoms with Crippen LogP contribution in [0, 0.1) is 0 Å². The van der Waals surface area contributed by atoms with Crippen LogP contribution in [0.3, 0.4) is 0 Å². The predicted molar refractivity (Wildman–Crippen MR) is 41.6 cm³/mol. The van der Waals surface area contributed by atoms with E-state index in [1.54, 1.807) is 7.11 Å². The maximum absolute atomic E-state index is 11.0. The van der Waals surface area contributed by atoms with E-state index in [2.05, 4.69) is 4.74 Å². The second-order valence-electron chi connectivity index (χ2n) is 2.74. The molecule has 1 saturated carbocycles. The molecule has 0 heterocycles. The van der Waals surface area contributed by atoms with Gasteiger partial charge in [-0.05, 0) is 12.8 Å². The molecule has 0 aromatic rings. The average Bonchev–Trinajstić information content (AvgIpc) is 2.46. The van der Waals surface area contributed by atoms with Crippen molar-refractivity contribution in [2.45, 2.75) is 25.4 Å². The third-order valence-electron chi connectivity index (χ3n) is 1.80. The highest BCUT2D eigenvalue weighted by molar-refractivity contribution is 5.84. The molecule has 4 heteroatoms. The van der Waals surface area contributed by atoms with E-state index in [1.165, 1.54) is 0 Å². The van der Waals surface area contributed by atoms with Gasteiger partial charge in [-0.25, -0.2) is 0 Å². The van der Waals surface area contributed by atoms with Crippen molar-refractivity contribution >= 4 is 5.78 Å². The van der Waals surface area contributed by atoms with Crippen molar-refractivity contribution in [3.05, 3.63) is 0 Å². The van der Waals surface area contributed by atoms with E-state index in [0.29, 0.717) is 6.42 Å².